The van der Waals surface area contributed by atoms with Crippen molar-refractivity contribution < 1.29 is 19.0 Å². The first-order valence-electron chi connectivity index (χ1n) is 9.79. The molecule has 2 aliphatic heterocycles. The van der Waals surface area contributed by atoms with Crippen molar-refractivity contribution in [3.8, 4) is 5.75 Å². The van der Waals surface area contributed by atoms with Crippen molar-refractivity contribution in [2.75, 3.05) is 38.2 Å². The molecule has 2 aliphatic rings. The second-order valence-electron chi connectivity index (χ2n) is 7.14. The number of nitrogens with zero attached hydrogens (tertiary/aromatic N) is 1. The molecule has 28 heavy (non-hydrogen) atoms. The van der Waals surface area contributed by atoms with Gasteiger partial charge in [-0.3, -0.25) is 4.79 Å². The van der Waals surface area contributed by atoms with Gasteiger partial charge in [0.2, 0.25) is 5.91 Å². The van der Waals surface area contributed by atoms with Crippen molar-refractivity contribution in [3.05, 3.63) is 60.2 Å². The minimum atomic E-state index is -0.445. The highest BCUT2D eigenvalue weighted by atomic mass is 16.7. The number of benzene rings is 2. The molecule has 2 aromatic carbocycles. The summed E-state index contributed by atoms with van der Waals surface area (Å²) in [5, 5.41) is 3.19. The second-order valence-corrected chi connectivity index (χ2v) is 7.14. The standard InChI is InChI=1S/C22H26N2O4/c25-21(24-12-10-22(11-13-24)27-14-15-28-22)16-23-19-6-8-20(9-7-19)26-17-18-4-2-1-3-5-18/h1-9,23H,10-17H2. The molecular weight excluding hydrogens is 356 g/mol. The number of nitrogens with one attached hydrogen (secondary N) is 1. The Hall–Kier alpha value is -2.57. The number of rotatable bonds is 6. The topological polar surface area (TPSA) is 60.0 Å². The molecule has 2 saturated heterocycles. The highest BCUT2D eigenvalue weighted by Crippen LogP contribution is 2.31. The first-order valence-corrected chi connectivity index (χ1v) is 9.79. The molecule has 2 fully saturated rings. The zero-order chi connectivity index (χ0) is 19.2. The first-order chi connectivity index (χ1) is 13.7. The molecule has 0 unspecified atom stereocenters. The van der Waals surface area contributed by atoms with Crippen LogP contribution in [0.1, 0.15) is 18.4 Å². The van der Waals surface area contributed by atoms with E-state index < -0.39 is 5.79 Å². The molecule has 0 aromatic heterocycles. The van der Waals surface area contributed by atoms with Gasteiger partial charge in [-0.05, 0) is 29.8 Å². The molecule has 0 aliphatic carbocycles. The summed E-state index contributed by atoms with van der Waals surface area (Å²) in [4.78, 5) is 14.3. The fourth-order valence-corrected chi connectivity index (χ4v) is 3.58. The molecule has 1 N–H and O–H groups in total. The van der Waals surface area contributed by atoms with E-state index in [0.717, 1.165) is 29.8 Å². The summed E-state index contributed by atoms with van der Waals surface area (Å²) in [6, 6.07) is 17.7. The van der Waals surface area contributed by atoms with Gasteiger partial charge >= 0.3 is 0 Å². The number of amides is 1. The minimum absolute atomic E-state index is 0.0947. The average Bonchev–Trinajstić information content (AvgIpc) is 3.20. The second kappa shape index (κ2) is 8.63. The van der Waals surface area contributed by atoms with Crippen LogP contribution in [-0.2, 0) is 20.9 Å². The van der Waals surface area contributed by atoms with Crippen LogP contribution in [-0.4, -0.2) is 49.4 Å². The number of likely N-dealkylation sites (tertiary alicyclic amines) is 1. The van der Waals surface area contributed by atoms with Crippen molar-refractivity contribution in [3.63, 3.8) is 0 Å². The smallest absolute Gasteiger partial charge is 0.241 e. The lowest BCUT2D eigenvalue weighted by molar-refractivity contribution is -0.187. The number of carbonyl (C=O) groups excluding carboxylic acids is 1. The summed E-state index contributed by atoms with van der Waals surface area (Å²) in [5.74, 6) is 0.454. The van der Waals surface area contributed by atoms with Gasteiger partial charge in [-0.2, -0.15) is 0 Å². The van der Waals surface area contributed by atoms with Crippen LogP contribution in [0, 0.1) is 0 Å². The van der Waals surface area contributed by atoms with E-state index in [0.29, 0.717) is 32.9 Å². The molecule has 0 bridgehead atoms. The van der Waals surface area contributed by atoms with E-state index in [9.17, 15) is 4.79 Å². The summed E-state index contributed by atoms with van der Waals surface area (Å²) in [6.45, 7) is 3.47. The predicted octanol–water partition coefficient (Wildman–Crippen LogP) is 3.04. The van der Waals surface area contributed by atoms with E-state index in [1.807, 2.05) is 59.5 Å². The molecule has 2 aromatic rings. The van der Waals surface area contributed by atoms with Crippen LogP contribution in [0.2, 0.25) is 0 Å². The summed E-state index contributed by atoms with van der Waals surface area (Å²) in [5.41, 5.74) is 2.03. The SMILES string of the molecule is O=C(CNc1ccc(OCc2ccccc2)cc1)N1CCC2(CC1)OCCO2. The van der Waals surface area contributed by atoms with Crippen molar-refractivity contribution in [1.82, 2.24) is 4.90 Å². The van der Waals surface area contributed by atoms with Crippen molar-refractivity contribution in [2.45, 2.75) is 25.2 Å². The number of anilines is 1. The summed E-state index contributed by atoms with van der Waals surface area (Å²) < 4.78 is 17.2. The van der Waals surface area contributed by atoms with Crippen LogP contribution in [0.25, 0.3) is 0 Å². The van der Waals surface area contributed by atoms with E-state index >= 15 is 0 Å². The number of hydrogen-bond acceptors (Lipinski definition) is 5. The van der Waals surface area contributed by atoms with Crippen LogP contribution in [0.5, 0.6) is 5.75 Å². The molecule has 1 spiro atoms. The molecule has 1 amide bonds. The fourth-order valence-electron chi connectivity index (χ4n) is 3.58. The van der Waals surface area contributed by atoms with Crippen LogP contribution >= 0.6 is 0 Å². The molecular formula is C22H26N2O4. The quantitative estimate of drug-likeness (QED) is 0.832. The zero-order valence-corrected chi connectivity index (χ0v) is 15.9. The highest BCUT2D eigenvalue weighted by molar-refractivity contribution is 5.81. The van der Waals surface area contributed by atoms with Gasteiger partial charge in [-0.25, -0.2) is 0 Å². The first kappa shape index (κ1) is 18.8. The Morgan fingerprint density at radius 2 is 1.68 bits per heavy atom. The predicted molar refractivity (Wildman–Crippen MR) is 106 cm³/mol. The van der Waals surface area contributed by atoms with E-state index in [1.54, 1.807) is 0 Å². The van der Waals surface area contributed by atoms with Gasteiger partial charge in [0.15, 0.2) is 5.79 Å². The molecule has 148 valence electrons. The Balaban J connectivity index is 1.21. The largest absolute Gasteiger partial charge is 0.489 e. The van der Waals surface area contributed by atoms with Crippen LogP contribution < -0.4 is 10.1 Å². The van der Waals surface area contributed by atoms with E-state index in [1.165, 1.54) is 0 Å². The van der Waals surface area contributed by atoms with Gasteiger partial charge in [-0.1, -0.05) is 30.3 Å². The monoisotopic (exact) mass is 382 g/mol. The lowest BCUT2D eigenvalue weighted by atomic mass is 10.0. The number of piperidine rings is 1. The van der Waals surface area contributed by atoms with E-state index in [2.05, 4.69) is 5.32 Å². The van der Waals surface area contributed by atoms with Crippen LogP contribution in [0.4, 0.5) is 5.69 Å². The molecule has 0 radical (unpaired) electrons. The average molecular weight is 382 g/mol. The van der Waals surface area contributed by atoms with Crippen molar-refractivity contribution in [2.24, 2.45) is 0 Å². The Labute approximate surface area is 165 Å². The van der Waals surface area contributed by atoms with Crippen molar-refractivity contribution in [1.29, 1.82) is 0 Å². The summed E-state index contributed by atoms with van der Waals surface area (Å²) >= 11 is 0. The lowest BCUT2D eigenvalue weighted by Crippen LogP contribution is -2.48. The molecule has 0 saturated carbocycles. The summed E-state index contributed by atoms with van der Waals surface area (Å²) in [6.07, 6.45) is 1.48. The Bertz CT molecular complexity index is 763. The Kier molecular flexibility index (Phi) is 5.78. The van der Waals surface area contributed by atoms with Gasteiger partial charge in [0.05, 0.1) is 19.8 Å². The van der Waals surface area contributed by atoms with Gasteiger partial charge in [-0.15, -0.1) is 0 Å². The Morgan fingerprint density at radius 3 is 2.36 bits per heavy atom. The minimum Gasteiger partial charge on any atom is -0.489 e. The molecule has 6 heteroatoms. The lowest BCUT2D eigenvalue weighted by Gasteiger charge is -2.37. The highest BCUT2D eigenvalue weighted by Gasteiger charge is 2.40. The molecule has 2 heterocycles. The number of hydrogen-bond donors (Lipinski definition) is 1. The van der Waals surface area contributed by atoms with Crippen molar-refractivity contribution >= 4 is 11.6 Å². The maximum atomic E-state index is 12.5. The van der Waals surface area contributed by atoms with Gasteiger partial charge in [0.25, 0.3) is 0 Å². The van der Waals surface area contributed by atoms with Crippen LogP contribution in [0.15, 0.2) is 54.6 Å². The normalized spacial score (nSPS) is 18.2. The zero-order valence-electron chi connectivity index (χ0n) is 15.9. The third kappa shape index (κ3) is 4.64. The number of ether oxygens (including phenoxy) is 3. The van der Waals surface area contributed by atoms with Gasteiger partial charge < -0.3 is 24.4 Å². The van der Waals surface area contributed by atoms with Gasteiger partial charge in [0, 0.05) is 31.6 Å². The van der Waals surface area contributed by atoms with E-state index in [-0.39, 0.29) is 12.5 Å². The number of carbonyl (C=O) groups is 1. The van der Waals surface area contributed by atoms with E-state index in [4.69, 9.17) is 14.2 Å². The fraction of sp³-hybridized carbons (Fsp3) is 0.409. The maximum absolute atomic E-state index is 12.5. The molecule has 4 rings (SSSR count). The van der Waals surface area contributed by atoms with Gasteiger partial charge in [0.1, 0.15) is 12.4 Å². The Morgan fingerprint density at radius 1 is 1.00 bits per heavy atom. The maximum Gasteiger partial charge on any atom is 0.241 e. The molecule has 6 nitrogen and oxygen atoms in total. The van der Waals surface area contributed by atoms with Crippen LogP contribution in [0.3, 0.4) is 0 Å². The third-order valence-corrected chi connectivity index (χ3v) is 5.24. The molecule has 0 atom stereocenters. The summed E-state index contributed by atoms with van der Waals surface area (Å²) in [7, 11) is 0. The third-order valence-electron chi connectivity index (χ3n) is 5.24.